The minimum atomic E-state index is -2.60. The molecule has 2 aromatic carbocycles. The molecule has 0 aliphatic heterocycles. The predicted octanol–water partition coefficient (Wildman–Crippen LogP) is 4.77. The Balaban J connectivity index is 2.13. The number of aryl methyl sites for hydroxylation is 1. The van der Waals surface area contributed by atoms with Crippen LogP contribution < -0.4 is 11.0 Å². The van der Waals surface area contributed by atoms with E-state index in [1.807, 2.05) is 19.1 Å². The Bertz CT molecular complexity index is 1220. The average molecular weight is 390 g/mol. The van der Waals surface area contributed by atoms with Crippen molar-refractivity contribution in [1.82, 2.24) is 9.55 Å². The lowest BCUT2D eigenvalue weighted by Gasteiger charge is -2.16. The first-order chi connectivity index (χ1) is 13.0. The van der Waals surface area contributed by atoms with Crippen molar-refractivity contribution in [2.24, 2.45) is 0 Å². The summed E-state index contributed by atoms with van der Waals surface area (Å²) in [5, 5.41) is 3.96. The molecule has 138 valence electrons. The van der Waals surface area contributed by atoms with E-state index in [2.05, 4.69) is 10.3 Å². The normalized spacial score (nSPS) is 11.6. The Labute approximate surface area is 157 Å². The van der Waals surface area contributed by atoms with Gasteiger partial charge < -0.3 is 9.73 Å². The maximum absolute atomic E-state index is 12.8. The number of benzene rings is 2. The molecule has 8 heteroatoms. The highest BCUT2D eigenvalue weighted by molar-refractivity contribution is 6.37. The Morgan fingerprint density at radius 3 is 2.81 bits per heavy atom. The van der Waals surface area contributed by atoms with Crippen molar-refractivity contribution in [3.05, 3.63) is 63.7 Å². The molecule has 4 rings (SSSR count). The van der Waals surface area contributed by atoms with Gasteiger partial charge in [-0.05, 0) is 30.7 Å². The first kappa shape index (κ1) is 17.5. The fraction of sp³-hybridized carbons (Fsp3) is 0.158. The van der Waals surface area contributed by atoms with E-state index in [1.165, 1.54) is 10.8 Å². The van der Waals surface area contributed by atoms with Crippen LogP contribution in [0.2, 0.25) is 5.02 Å². The highest BCUT2D eigenvalue weighted by Gasteiger charge is 2.20. The summed E-state index contributed by atoms with van der Waals surface area (Å²) in [5.41, 5.74) is 1.68. The van der Waals surface area contributed by atoms with Crippen LogP contribution in [0.4, 0.5) is 14.6 Å². The zero-order chi connectivity index (χ0) is 19.1. The second kappa shape index (κ2) is 6.66. The van der Waals surface area contributed by atoms with E-state index < -0.39 is 18.7 Å². The Morgan fingerprint density at radius 2 is 2.07 bits per heavy atom. The summed E-state index contributed by atoms with van der Waals surface area (Å²) in [5.74, 6) is 0.0387. The summed E-state index contributed by atoms with van der Waals surface area (Å²) < 4.78 is 32.4. The van der Waals surface area contributed by atoms with E-state index in [0.29, 0.717) is 32.6 Å². The van der Waals surface area contributed by atoms with Crippen LogP contribution in [-0.2, 0) is 0 Å². The molecule has 0 fully saturated rings. The average Bonchev–Trinajstić information content (AvgIpc) is 3.11. The number of para-hydroxylation sites is 1. The molecule has 0 aliphatic carbocycles. The summed E-state index contributed by atoms with van der Waals surface area (Å²) in [6.45, 7) is 1.23. The van der Waals surface area contributed by atoms with Crippen LogP contribution in [0.5, 0.6) is 0 Å². The van der Waals surface area contributed by atoms with Gasteiger partial charge in [0, 0.05) is 5.39 Å². The summed E-state index contributed by atoms with van der Waals surface area (Å²) in [4.78, 5) is 16.8. The van der Waals surface area contributed by atoms with Crippen LogP contribution in [0.1, 0.15) is 5.56 Å². The van der Waals surface area contributed by atoms with Crippen LogP contribution in [-0.4, -0.2) is 22.5 Å². The minimum Gasteiger partial charge on any atom is -0.463 e. The van der Waals surface area contributed by atoms with Gasteiger partial charge in [-0.15, -0.1) is 0 Å². The molecule has 4 aromatic rings. The van der Waals surface area contributed by atoms with Crippen LogP contribution in [0.3, 0.4) is 0 Å². The number of halogens is 3. The SMILES string of the molecule is Cc1ccccc1-n1c(=O)nc(NCC(F)F)c2c3occc3c(Cl)cc21. The molecule has 0 saturated heterocycles. The van der Waals surface area contributed by atoms with E-state index >= 15 is 0 Å². The van der Waals surface area contributed by atoms with Gasteiger partial charge in [0.25, 0.3) is 6.43 Å². The van der Waals surface area contributed by atoms with E-state index in [1.54, 1.807) is 24.3 Å². The van der Waals surface area contributed by atoms with Crippen molar-refractivity contribution in [2.45, 2.75) is 13.3 Å². The highest BCUT2D eigenvalue weighted by atomic mass is 35.5. The maximum atomic E-state index is 12.8. The van der Waals surface area contributed by atoms with Crippen molar-refractivity contribution in [1.29, 1.82) is 0 Å². The summed E-state index contributed by atoms with van der Waals surface area (Å²) in [6.07, 6.45) is -1.14. The fourth-order valence-electron chi connectivity index (χ4n) is 3.14. The van der Waals surface area contributed by atoms with Gasteiger partial charge in [0.2, 0.25) is 0 Å². The number of fused-ring (bicyclic) bond motifs is 3. The molecule has 0 amide bonds. The number of nitrogens with one attached hydrogen (secondary N) is 1. The largest absolute Gasteiger partial charge is 0.463 e. The highest BCUT2D eigenvalue weighted by Crippen LogP contribution is 2.36. The standard InChI is InChI=1S/C19H14ClF2N3O2/c1-10-4-2-3-5-13(10)25-14-8-12(20)11-6-7-27-17(11)16(14)18(24-19(25)26)23-9-15(21)22/h2-8,15H,9H2,1H3,(H,23,24,26). The third kappa shape index (κ3) is 2.94. The third-order valence-electron chi connectivity index (χ3n) is 4.33. The molecule has 1 N–H and O–H groups in total. The zero-order valence-electron chi connectivity index (χ0n) is 14.2. The predicted molar refractivity (Wildman–Crippen MR) is 101 cm³/mol. The lowest BCUT2D eigenvalue weighted by molar-refractivity contribution is 0.163. The monoisotopic (exact) mass is 389 g/mol. The van der Waals surface area contributed by atoms with Crippen molar-refractivity contribution in [3.8, 4) is 5.69 Å². The Kier molecular flexibility index (Phi) is 4.31. The number of hydrogen-bond acceptors (Lipinski definition) is 4. The molecule has 0 unspecified atom stereocenters. The number of furan rings is 1. The number of nitrogens with zero attached hydrogens (tertiary/aromatic N) is 2. The fourth-order valence-corrected chi connectivity index (χ4v) is 3.39. The van der Waals surface area contributed by atoms with E-state index in [0.717, 1.165) is 5.56 Å². The first-order valence-corrected chi connectivity index (χ1v) is 8.55. The molecule has 2 heterocycles. The van der Waals surface area contributed by atoms with Crippen molar-refractivity contribution < 1.29 is 13.2 Å². The number of rotatable bonds is 4. The number of alkyl halides is 2. The number of anilines is 1. The van der Waals surface area contributed by atoms with Crippen LogP contribution in [0.15, 0.2) is 51.9 Å². The van der Waals surface area contributed by atoms with Gasteiger partial charge in [-0.2, -0.15) is 4.98 Å². The molecule has 5 nitrogen and oxygen atoms in total. The van der Waals surface area contributed by atoms with E-state index in [-0.39, 0.29) is 5.82 Å². The first-order valence-electron chi connectivity index (χ1n) is 8.18. The number of aromatic nitrogens is 2. The number of hydrogen-bond donors (Lipinski definition) is 1. The van der Waals surface area contributed by atoms with Gasteiger partial charge in [-0.1, -0.05) is 29.8 Å². The Morgan fingerprint density at radius 1 is 1.30 bits per heavy atom. The lowest BCUT2D eigenvalue weighted by Crippen LogP contribution is -2.25. The minimum absolute atomic E-state index is 0.0387. The van der Waals surface area contributed by atoms with Gasteiger partial charge in [0.15, 0.2) is 0 Å². The van der Waals surface area contributed by atoms with Gasteiger partial charge in [0.05, 0.1) is 34.4 Å². The lowest BCUT2D eigenvalue weighted by atomic mass is 10.1. The van der Waals surface area contributed by atoms with Crippen LogP contribution in [0, 0.1) is 6.92 Å². The van der Waals surface area contributed by atoms with Gasteiger partial charge in [0.1, 0.15) is 11.4 Å². The van der Waals surface area contributed by atoms with Crippen molar-refractivity contribution in [2.75, 3.05) is 11.9 Å². The third-order valence-corrected chi connectivity index (χ3v) is 4.64. The topological polar surface area (TPSA) is 60.1 Å². The molecule has 2 aromatic heterocycles. The molecular formula is C19H14ClF2N3O2. The van der Waals surface area contributed by atoms with E-state index in [4.69, 9.17) is 16.0 Å². The molecule has 27 heavy (non-hydrogen) atoms. The Hall–Kier alpha value is -2.93. The second-order valence-electron chi connectivity index (χ2n) is 6.05. The molecule has 0 aliphatic rings. The smallest absolute Gasteiger partial charge is 0.354 e. The molecule has 0 radical (unpaired) electrons. The van der Waals surface area contributed by atoms with Gasteiger partial charge >= 0.3 is 5.69 Å². The molecule has 0 atom stereocenters. The summed E-state index contributed by atoms with van der Waals surface area (Å²) >= 11 is 6.37. The summed E-state index contributed by atoms with van der Waals surface area (Å²) in [6, 6.07) is 10.6. The van der Waals surface area contributed by atoms with Gasteiger partial charge in [-0.25, -0.2) is 13.6 Å². The quantitative estimate of drug-likeness (QED) is 0.546. The second-order valence-corrected chi connectivity index (χ2v) is 6.46. The van der Waals surface area contributed by atoms with Crippen LogP contribution in [0.25, 0.3) is 27.6 Å². The summed E-state index contributed by atoms with van der Waals surface area (Å²) in [7, 11) is 0. The van der Waals surface area contributed by atoms with E-state index in [9.17, 15) is 13.6 Å². The maximum Gasteiger partial charge on any atom is 0.354 e. The zero-order valence-corrected chi connectivity index (χ0v) is 14.9. The van der Waals surface area contributed by atoms with Crippen LogP contribution >= 0.6 is 11.6 Å². The van der Waals surface area contributed by atoms with Gasteiger partial charge in [-0.3, -0.25) is 4.57 Å². The molecular weight excluding hydrogens is 376 g/mol. The molecule has 0 saturated carbocycles. The molecule has 0 spiro atoms. The molecule has 0 bridgehead atoms. The van der Waals surface area contributed by atoms with Crippen molar-refractivity contribution >= 4 is 39.3 Å². The van der Waals surface area contributed by atoms with Crippen molar-refractivity contribution in [3.63, 3.8) is 0 Å².